The smallest absolute Gasteiger partial charge is 0.226 e. The van der Waals surface area contributed by atoms with E-state index in [1.54, 1.807) is 4.57 Å². The molecule has 3 atom stereocenters. The average molecular weight is 488 g/mol. The lowest BCUT2D eigenvalue weighted by Gasteiger charge is -2.16. The van der Waals surface area contributed by atoms with Gasteiger partial charge in [-0.3, -0.25) is 4.57 Å². The first-order valence-electron chi connectivity index (χ1n) is 7.89. The number of halogens is 2. The van der Waals surface area contributed by atoms with Crippen molar-refractivity contribution in [3.8, 4) is 0 Å². The molecule has 0 amide bonds. The molecule has 3 unspecified atom stereocenters. The number of anilines is 1. The van der Waals surface area contributed by atoms with Crippen molar-refractivity contribution in [3.05, 3.63) is 45.0 Å². The van der Waals surface area contributed by atoms with Gasteiger partial charge in [0.05, 0.1) is 12.9 Å². The first kappa shape index (κ1) is 17.9. The van der Waals surface area contributed by atoms with Crippen LogP contribution < -0.4 is 5.32 Å². The molecule has 0 spiro atoms. The second kappa shape index (κ2) is 7.24. The van der Waals surface area contributed by atoms with Crippen LogP contribution in [0.3, 0.4) is 0 Å². The number of nitrogens with zero attached hydrogens (tertiary/aromatic N) is 4. The minimum absolute atomic E-state index is 0.0437. The molecule has 1 fully saturated rings. The van der Waals surface area contributed by atoms with Gasteiger partial charge >= 0.3 is 0 Å². The number of fused-ring (bicyclic) bond motifs is 1. The highest BCUT2D eigenvalue weighted by molar-refractivity contribution is 14.1. The standard InChI is InChI=1S/C16H15ClIN5O3/c17-16-21-13(19-5-8-2-1-3-9(18)4-8)11-14(22-16)23(7-20-11)15-12(25)10(24)6-26-15/h1-4,7,10,12,15,24-25H,5-6H2,(H,19,21,22). The van der Waals surface area contributed by atoms with Gasteiger partial charge in [0.15, 0.2) is 23.2 Å². The Kier molecular flexibility index (Phi) is 4.97. The van der Waals surface area contributed by atoms with Crippen LogP contribution in [0.25, 0.3) is 11.2 Å². The molecular formula is C16H15ClIN5O3. The number of hydrogen-bond acceptors (Lipinski definition) is 7. The summed E-state index contributed by atoms with van der Waals surface area (Å²) < 4.78 is 8.15. The molecule has 0 bridgehead atoms. The lowest BCUT2D eigenvalue weighted by Crippen LogP contribution is -2.28. The van der Waals surface area contributed by atoms with Crippen molar-refractivity contribution in [1.29, 1.82) is 0 Å². The molecule has 2 aromatic heterocycles. The van der Waals surface area contributed by atoms with Gasteiger partial charge in [-0.05, 0) is 51.9 Å². The quantitative estimate of drug-likeness (QED) is 0.382. The zero-order chi connectivity index (χ0) is 18.3. The van der Waals surface area contributed by atoms with E-state index in [4.69, 9.17) is 16.3 Å². The van der Waals surface area contributed by atoms with E-state index in [2.05, 4.69) is 48.9 Å². The van der Waals surface area contributed by atoms with Crippen LogP contribution in [0.4, 0.5) is 5.82 Å². The molecule has 0 aliphatic carbocycles. The van der Waals surface area contributed by atoms with Crippen molar-refractivity contribution in [2.24, 2.45) is 0 Å². The van der Waals surface area contributed by atoms with E-state index in [9.17, 15) is 10.2 Å². The topological polar surface area (TPSA) is 105 Å². The largest absolute Gasteiger partial charge is 0.388 e. The Morgan fingerprint density at radius 3 is 2.92 bits per heavy atom. The van der Waals surface area contributed by atoms with E-state index >= 15 is 0 Å². The molecule has 0 radical (unpaired) electrons. The molecule has 10 heteroatoms. The number of imidazole rings is 1. The van der Waals surface area contributed by atoms with E-state index in [0.717, 1.165) is 9.13 Å². The van der Waals surface area contributed by atoms with Gasteiger partial charge in [-0.15, -0.1) is 0 Å². The molecule has 1 saturated heterocycles. The van der Waals surface area contributed by atoms with E-state index in [-0.39, 0.29) is 11.9 Å². The van der Waals surface area contributed by atoms with Crippen molar-refractivity contribution in [2.75, 3.05) is 11.9 Å². The molecule has 3 N–H and O–H groups in total. The summed E-state index contributed by atoms with van der Waals surface area (Å²) in [6, 6.07) is 8.08. The fourth-order valence-electron chi connectivity index (χ4n) is 2.86. The van der Waals surface area contributed by atoms with E-state index < -0.39 is 18.4 Å². The molecule has 3 heterocycles. The molecule has 4 rings (SSSR count). The summed E-state index contributed by atoms with van der Waals surface area (Å²) >= 11 is 8.33. The molecule has 1 aromatic carbocycles. The summed E-state index contributed by atoms with van der Waals surface area (Å²) in [4.78, 5) is 12.8. The minimum Gasteiger partial charge on any atom is -0.388 e. The number of benzene rings is 1. The van der Waals surface area contributed by atoms with Crippen LogP contribution >= 0.6 is 34.2 Å². The highest BCUT2D eigenvalue weighted by Crippen LogP contribution is 2.29. The summed E-state index contributed by atoms with van der Waals surface area (Å²) in [5, 5.41) is 23.1. The van der Waals surface area contributed by atoms with Crippen LogP contribution in [-0.4, -0.2) is 48.5 Å². The molecular weight excluding hydrogens is 473 g/mol. The zero-order valence-electron chi connectivity index (χ0n) is 13.4. The normalized spacial score (nSPS) is 22.8. The predicted octanol–water partition coefficient (Wildman–Crippen LogP) is 1.95. The number of nitrogens with one attached hydrogen (secondary N) is 1. The minimum atomic E-state index is -1.07. The number of rotatable bonds is 4. The Bertz CT molecular complexity index is 953. The highest BCUT2D eigenvalue weighted by atomic mass is 127. The maximum Gasteiger partial charge on any atom is 0.226 e. The Hall–Kier alpha value is -1.53. The maximum absolute atomic E-state index is 10.1. The number of aliphatic hydroxyl groups excluding tert-OH is 2. The van der Waals surface area contributed by atoms with Crippen LogP contribution in [-0.2, 0) is 11.3 Å². The van der Waals surface area contributed by atoms with E-state index in [1.165, 1.54) is 6.33 Å². The van der Waals surface area contributed by atoms with Gasteiger partial charge in [-0.25, -0.2) is 4.98 Å². The molecule has 0 saturated carbocycles. The number of hydrogen-bond donors (Lipinski definition) is 3. The van der Waals surface area contributed by atoms with Crippen molar-refractivity contribution in [3.63, 3.8) is 0 Å². The summed E-state index contributed by atoms with van der Waals surface area (Å²) in [5.41, 5.74) is 2.03. The van der Waals surface area contributed by atoms with Crippen LogP contribution in [0, 0.1) is 3.57 Å². The summed E-state index contributed by atoms with van der Waals surface area (Å²) in [6.07, 6.45) is -1.29. The van der Waals surface area contributed by atoms with E-state index in [1.807, 2.05) is 18.2 Å². The fourth-order valence-corrected chi connectivity index (χ4v) is 3.63. The monoisotopic (exact) mass is 487 g/mol. The number of aromatic nitrogens is 4. The third-order valence-electron chi connectivity index (χ3n) is 4.14. The van der Waals surface area contributed by atoms with Crippen LogP contribution in [0.1, 0.15) is 11.8 Å². The molecule has 1 aliphatic heterocycles. The second-order valence-corrected chi connectivity index (χ2v) is 7.51. The Balaban J connectivity index is 1.66. The van der Waals surface area contributed by atoms with E-state index in [0.29, 0.717) is 23.5 Å². The Morgan fingerprint density at radius 1 is 1.35 bits per heavy atom. The lowest BCUT2D eigenvalue weighted by molar-refractivity contribution is -0.0162. The summed E-state index contributed by atoms with van der Waals surface area (Å²) in [5.74, 6) is 0.491. The van der Waals surface area contributed by atoms with Gasteiger partial charge < -0.3 is 20.3 Å². The third-order valence-corrected chi connectivity index (χ3v) is 4.98. The van der Waals surface area contributed by atoms with Crippen molar-refractivity contribution in [1.82, 2.24) is 19.5 Å². The van der Waals surface area contributed by atoms with Gasteiger partial charge in [0, 0.05) is 10.1 Å². The summed E-state index contributed by atoms with van der Waals surface area (Å²) in [6.45, 7) is 0.593. The van der Waals surface area contributed by atoms with Gasteiger partial charge in [-0.2, -0.15) is 9.97 Å². The Labute approximate surface area is 167 Å². The van der Waals surface area contributed by atoms with Gasteiger partial charge in [0.1, 0.15) is 12.2 Å². The third kappa shape index (κ3) is 3.37. The molecule has 8 nitrogen and oxygen atoms in total. The molecule has 136 valence electrons. The first-order chi connectivity index (χ1) is 12.5. The average Bonchev–Trinajstić information content (AvgIpc) is 3.17. The predicted molar refractivity (Wildman–Crippen MR) is 104 cm³/mol. The van der Waals surface area contributed by atoms with Crippen LogP contribution in [0.5, 0.6) is 0 Å². The number of aliphatic hydroxyl groups is 2. The molecule has 1 aliphatic rings. The molecule has 3 aromatic rings. The van der Waals surface area contributed by atoms with Crippen molar-refractivity contribution >= 4 is 51.2 Å². The fraction of sp³-hybridized carbons (Fsp3) is 0.312. The Morgan fingerprint density at radius 2 is 2.19 bits per heavy atom. The summed E-state index contributed by atoms with van der Waals surface area (Å²) in [7, 11) is 0. The van der Waals surface area contributed by atoms with Gasteiger partial charge in [-0.1, -0.05) is 12.1 Å². The van der Waals surface area contributed by atoms with Gasteiger partial charge in [0.25, 0.3) is 0 Å². The van der Waals surface area contributed by atoms with Crippen LogP contribution in [0.2, 0.25) is 5.28 Å². The first-order valence-corrected chi connectivity index (χ1v) is 9.35. The SMILES string of the molecule is OC1COC(n2cnc3c(NCc4cccc(I)c4)nc(Cl)nc32)C1O. The highest BCUT2D eigenvalue weighted by Gasteiger charge is 2.37. The van der Waals surface area contributed by atoms with Crippen LogP contribution in [0.15, 0.2) is 30.6 Å². The van der Waals surface area contributed by atoms with Crippen molar-refractivity contribution in [2.45, 2.75) is 25.0 Å². The lowest BCUT2D eigenvalue weighted by atomic mass is 10.2. The second-order valence-electron chi connectivity index (χ2n) is 5.93. The maximum atomic E-state index is 10.1. The zero-order valence-corrected chi connectivity index (χ0v) is 16.3. The molecule has 26 heavy (non-hydrogen) atoms. The number of ether oxygens (including phenoxy) is 1. The van der Waals surface area contributed by atoms with Crippen molar-refractivity contribution < 1.29 is 14.9 Å². The van der Waals surface area contributed by atoms with Gasteiger partial charge in [0.2, 0.25) is 5.28 Å².